The summed E-state index contributed by atoms with van der Waals surface area (Å²) in [6.45, 7) is 11.1. The monoisotopic (exact) mass is 246 g/mol. The second-order valence-corrected chi connectivity index (χ2v) is 6.37. The molecule has 2 N–H and O–H groups in total. The van der Waals surface area contributed by atoms with Gasteiger partial charge in [0.2, 0.25) is 0 Å². The lowest BCUT2D eigenvalue weighted by molar-refractivity contribution is 0.154. The largest absolute Gasteiger partial charge is 0.326 e. The summed E-state index contributed by atoms with van der Waals surface area (Å²) in [5.41, 5.74) is 9.10. The molecule has 0 saturated carbocycles. The van der Waals surface area contributed by atoms with E-state index in [1.54, 1.807) is 0 Å². The summed E-state index contributed by atoms with van der Waals surface area (Å²) in [5, 5.41) is 0. The third-order valence-corrected chi connectivity index (χ3v) is 4.45. The Balaban J connectivity index is 2.06. The lowest BCUT2D eigenvalue weighted by atomic mass is 9.96. The topological polar surface area (TPSA) is 29.3 Å². The van der Waals surface area contributed by atoms with Crippen LogP contribution < -0.4 is 5.73 Å². The van der Waals surface area contributed by atoms with Crippen LogP contribution in [0.25, 0.3) is 0 Å². The van der Waals surface area contributed by atoms with Crippen LogP contribution in [0.4, 0.5) is 0 Å². The summed E-state index contributed by atoms with van der Waals surface area (Å²) in [4.78, 5) is 2.50. The Hall–Kier alpha value is -0.860. The van der Waals surface area contributed by atoms with Crippen LogP contribution in [0.5, 0.6) is 0 Å². The number of hydrogen-bond donors (Lipinski definition) is 1. The van der Waals surface area contributed by atoms with Gasteiger partial charge in [-0.15, -0.1) is 0 Å². The predicted octanol–water partition coefficient (Wildman–Crippen LogP) is 3.12. The van der Waals surface area contributed by atoms with Gasteiger partial charge in [-0.3, -0.25) is 4.90 Å². The van der Waals surface area contributed by atoms with E-state index >= 15 is 0 Å². The molecule has 2 rings (SSSR count). The summed E-state index contributed by atoms with van der Waals surface area (Å²) in [5.74, 6) is 0.607. The van der Waals surface area contributed by atoms with Gasteiger partial charge in [0.1, 0.15) is 0 Å². The van der Waals surface area contributed by atoms with Gasteiger partial charge in [-0.25, -0.2) is 0 Å². The quantitative estimate of drug-likeness (QED) is 0.888. The Bertz CT molecular complexity index is 392. The highest BCUT2D eigenvalue weighted by Crippen LogP contribution is 2.29. The lowest BCUT2D eigenvalue weighted by Gasteiger charge is -2.34. The van der Waals surface area contributed by atoms with Crippen molar-refractivity contribution in [2.75, 3.05) is 6.54 Å². The Morgan fingerprint density at radius 2 is 1.89 bits per heavy atom. The molecule has 2 nitrogen and oxygen atoms in total. The zero-order valence-electron chi connectivity index (χ0n) is 12.1. The van der Waals surface area contributed by atoms with Crippen molar-refractivity contribution in [3.05, 3.63) is 35.4 Å². The zero-order valence-corrected chi connectivity index (χ0v) is 12.1. The second kappa shape index (κ2) is 5.02. The summed E-state index contributed by atoms with van der Waals surface area (Å²) in [6, 6.07) is 9.32. The summed E-state index contributed by atoms with van der Waals surface area (Å²) in [6.07, 6.45) is 1.11. The van der Waals surface area contributed by atoms with Crippen LogP contribution in [0.1, 0.15) is 51.2 Å². The molecule has 100 valence electrons. The van der Waals surface area contributed by atoms with Crippen LogP contribution in [0.3, 0.4) is 0 Å². The molecule has 1 unspecified atom stereocenters. The van der Waals surface area contributed by atoms with Gasteiger partial charge in [0, 0.05) is 24.7 Å². The van der Waals surface area contributed by atoms with Gasteiger partial charge in [-0.05, 0) is 37.3 Å². The number of likely N-dealkylation sites (tertiary alicyclic amines) is 1. The Labute approximate surface area is 111 Å². The van der Waals surface area contributed by atoms with E-state index in [1.165, 1.54) is 11.1 Å². The van der Waals surface area contributed by atoms with Gasteiger partial charge in [0.05, 0.1) is 0 Å². The van der Waals surface area contributed by atoms with E-state index in [2.05, 4.69) is 56.9 Å². The predicted molar refractivity (Wildman–Crippen MR) is 77.6 cm³/mol. The van der Waals surface area contributed by atoms with Crippen molar-refractivity contribution in [1.29, 1.82) is 0 Å². The summed E-state index contributed by atoms with van der Waals surface area (Å²) < 4.78 is 0. The third-order valence-electron chi connectivity index (χ3n) is 4.45. The maximum atomic E-state index is 6.18. The van der Waals surface area contributed by atoms with Gasteiger partial charge < -0.3 is 5.73 Å². The summed E-state index contributed by atoms with van der Waals surface area (Å²) in [7, 11) is 0. The van der Waals surface area contributed by atoms with Crippen LogP contribution in [-0.4, -0.2) is 23.0 Å². The SMILES string of the molecule is CC(C)c1ccc(CN2CCC(N)C2(C)C)cc1. The smallest absolute Gasteiger partial charge is 0.0308 e. The van der Waals surface area contributed by atoms with Crippen molar-refractivity contribution >= 4 is 0 Å². The minimum absolute atomic E-state index is 0.122. The fraction of sp³-hybridized carbons (Fsp3) is 0.625. The lowest BCUT2D eigenvalue weighted by Crippen LogP contribution is -2.48. The molecule has 1 aliphatic heterocycles. The molecule has 2 heteroatoms. The molecular formula is C16H26N2. The molecule has 0 aromatic heterocycles. The highest BCUT2D eigenvalue weighted by molar-refractivity contribution is 5.25. The first-order valence-electron chi connectivity index (χ1n) is 7.00. The molecule has 1 atom stereocenters. The zero-order chi connectivity index (χ0) is 13.3. The normalized spacial score (nSPS) is 23.8. The van der Waals surface area contributed by atoms with Gasteiger partial charge in [-0.2, -0.15) is 0 Å². The highest BCUT2D eigenvalue weighted by atomic mass is 15.2. The molecule has 18 heavy (non-hydrogen) atoms. The van der Waals surface area contributed by atoms with Crippen molar-refractivity contribution in [3.8, 4) is 0 Å². The van der Waals surface area contributed by atoms with E-state index in [4.69, 9.17) is 5.73 Å². The third kappa shape index (κ3) is 2.60. The molecule has 1 aliphatic rings. The molecule has 0 radical (unpaired) electrons. The standard InChI is InChI=1S/C16H26N2/c1-12(2)14-7-5-13(6-8-14)11-18-10-9-15(17)16(18,3)4/h5-8,12,15H,9-11,17H2,1-4H3. The van der Waals surface area contributed by atoms with E-state index < -0.39 is 0 Å². The Morgan fingerprint density at radius 1 is 1.28 bits per heavy atom. The molecule has 0 bridgehead atoms. The molecular weight excluding hydrogens is 220 g/mol. The number of benzene rings is 1. The van der Waals surface area contributed by atoms with Crippen molar-refractivity contribution in [2.45, 2.75) is 58.2 Å². The molecule has 1 heterocycles. The minimum atomic E-state index is 0.122. The maximum Gasteiger partial charge on any atom is 0.0308 e. The van der Waals surface area contributed by atoms with Crippen LogP contribution in [-0.2, 0) is 6.54 Å². The number of hydrogen-bond acceptors (Lipinski definition) is 2. The Kier molecular flexibility index (Phi) is 3.79. The highest BCUT2D eigenvalue weighted by Gasteiger charge is 2.38. The average molecular weight is 246 g/mol. The van der Waals surface area contributed by atoms with Gasteiger partial charge in [0.15, 0.2) is 0 Å². The average Bonchev–Trinajstić information content (AvgIpc) is 2.57. The van der Waals surface area contributed by atoms with Gasteiger partial charge in [-0.1, -0.05) is 38.1 Å². The first kappa shape index (κ1) is 13.6. The molecule has 1 saturated heterocycles. The number of nitrogens with two attached hydrogens (primary N) is 1. The maximum absolute atomic E-state index is 6.18. The number of rotatable bonds is 3. The fourth-order valence-corrected chi connectivity index (χ4v) is 2.68. The molecule has 0 amide bonds. The summed E-state index contributed by atoms with van der Waals surface area (Å²) >= 11 is 0. The van der Waals surface area contributed by atoms with Gasteiger partial charge >= 0.3 is 0 Å². The fourth-order valence-electron chi connectivity index (χ4n) is 2.68. The van der Waals surface area contributed by atoms with Crippen molar-refractivity contribution in [1.82, 2.24) is 4.90 Å². The first-order valence-corrected chi connectivity index (χ1v) is 7.00. The molecule has 1 aromatic rings. The van der Waals surface area contributed by atoms with E-state index in [9.17, 15) is 0 Å². The van der Waals surface area contributed by atoms with Crippen molar-refractivity contribution < 1.29 is 0 Å². The van der Waals surface area contributed by atoms with E-state index in [0.29, 0.717) is 12.0 Å². The number of nitrogens with zero attached hydrogens (tertiary/aromatic N) is 1. The van der Waals surface area contributed by atoms with Gasteiger partial charge in [0.25, 0.3) is 0 Å². The molecule has 1 fully saturated rings. The van der Waals surface area contributed by atoms with Crippen molar-refractivity contribution in [2.24, 2.45) is 5.73 Å². The van der Waals surface area contributed by atoms with Crippen LogP contribution in [0, 0.1) is 0 Å². The Morgan fingerprint density at radius 3 is 2.33 bits per heavy atom. The molecule has 1 aromatic carbocycles. The van der Waals surface area contributed by atoms with Crippen LogP contribution in [0.2, 0.25) is 0 Å². The van der Waals surface area contributed by atoms with E-state index in [-0.39, 0.29) is 5.54 Å². The van der Waals surface area contributed by atoms with Crippen LogP contribution >= 0.6 is 0 Å². The molecule has 0 spiro atoms. The van der Waals surface area contributed by atoms with Crippen LogP contribution in [0.15, 0.2) is 24.3 Å². The second-order valence-electron chi connectivity index (χ2n) is 6.37. The first-order chi connectivity index (χ1) is 8.41. The van der Waals surface area contributed by atoms with Crippen molar-refractivity contribution in [3.63, 3.8) is 0 Å². The minimum Gasteiger partial charge on any atom is -0.326 e. The van der Waals surface area contributed by atoms with E-state index in [0.717, 1.165) is 19.5 Å². The van der Waals surface area contributed by atoms with E-state index in [1.807, 2.05) is 0 Å². The molecule has 0 aliphatic carbocycles.